The Kier molecular flexibility index (Phi) is 3.38. The maximum absolute atomic E-state index is 11.5. The molecule has 3 rings (SSSR count). The molecule has 0 unspecified atom stereocenters. The van der Waals surface area contributed by atoms with Crippen LogP contribution in [-0.2, 0) is 4.74 Å². The minimum absolute atomic E-state index is 0.0586. The number of fused-ring (bicyclic) bond motifs is 1. The van der Waals surface area contributed by atoms with Crippen molar-refractivity contribution < 1.29 is 24.9 Å². The van der Waals surface area contributed by atoms with Crippen LogP contribution >= 0.6 is 0 Å². The smallest absolute Gasteiger partial charge is 0.269 e. The number of carbonyl (C=O) groups excluding carboxylic acids is 1. The topological polar surface area (TPSA) is 131 Å². The van der Waals surface area contributed by atoms with Crippen LogP contribution in [0.25, 0.3) is 10.9 Å². The normalized spacial score (nSPS) is 29.1. The molecule has 0 radical (unpaired) electrons. The fraction of sp³-hybridized carbons (Fsp3) is 0.385. The molecule has 1 aliphatic heterocycles. The molecule has 8 nitrogen and oxygen atoms in total. The van der Waals surface area contributed by atoms with Gasteiger partial charge in [-0.15, -0.1) is 0 Å². The Morgan fingerprint density at radius 3 is 2.67 bits per heavy atom. The van der Waals surface area contributed by atoms with Gasteiger partial charge in [0.15, 0.2) is 11.9 Å². The number of hydrogen-bond acceptors (Lipinski definition) is 6. The standard InChI is InChI=1S/C13H15N3O5/c14-12(20)9-6-3-1-2-4-7(6)16(15-9)13-11(19)10(18)8(5-17)21-13/h1-4,8,10-11,13,17-19H,5H2,(H2,14,20)/t8-,10-,11-,13-/m1/s1. The third kappa shape index (κ3) is 2.09. The monoisotopic (exact) mass is 293 g/mol. The van der Waals surface area contributed by atoms with Crippen molar-refractivity contribution >= 4 is 16.8 Å². The fourth-order valence-corrected chi connectivity index (χ4v) is 2.55. The third-order valence-electron chi connectivity index (χ3n) is 3.61. The number of aliphatic hydroxyl groups is 3. The zero-order valence-corrected chi connectivity index (χ0v) is 11.0. The van der Waals surface area contributed by atoms with Gasteiger partial charge in [-0.2, -0.15) is 5.10 Å². The zero-order valence-electron chi connectivity index (χ0n) is 11.0. The molecule has 0 bridgehead atoms. The van der Waals surface area contributed by atoms with Crippen molar-refractivity contribution in [3.8, 4) is 0 Å². The van der Waals surface area contributed by atoms with E-state index in [0.717, 1.165) is 0 Å². The van der Waals surface area contributed by atoms with Gasteiger partial charge in [0.05, 0.1) is 12.1 Å². The molecule has 1 saturated heterocycles. The Hall–Kier alpha value is -2.00. The summed E-state index contributed by atoms with van der Waals surface area (Å²) in [5.41, 5.74) is 5.90. The molecule has 112 valence electrons. The SMILES string of the molecule is NC(=O)c1nn([C@@H]2O[C@H](CO)[C@@H](O)[C@H]2O)c2ccccc12. The predicted octanol–water partition coefficient (Wildman–Crippen LogP) is -1.25. The first kappa shape index (κ1) is 14.0. The molecular formula is C13H15N3O5. The van der Waals surface area contributed by atoms with Crippen LogP contribution in [0.1, 0.15) is 16.7 Å². The number of para-hydroxylation sites is 1. The lowest BCUT2D eigenvalue weighted by atomic mass is 10.1. The Morgan fingerprint density at radius 2 is 2.05 bits per heavy atom. The Labute approximate surface area is 119 Å². The fourth-order valence-electron chi connectivity index (χ4n) is 2.55. The van der Waals surface area contributed by atoms with Crippen LogP contribution in [0.4, 0.5) is 0 Å². The summed E-state index contributed by atoms with van der Waals surface area (Å²) in [6.45, 7) is -0.434. The molecule has 8 heteroatoms. The summed E-state index contributed by atoms with van der Waals surface area (Å²) in [5.74, 6) is -0.698. The van der Waals surface area contributed by atoms with Crippen molar-refractivity contribution in [2.24, 2.45) is 5.73 Å². The van der Waals surface area contributed by atoms with E-state index in [9.17, 15) is 15.0 Å². The van der Waals surface area contributed by atoms with E-state index in [1.165, 1.54) is 4.68 Å². The summed E-state index contributed by atoms with van der Waals surface area (Å²) in [5, 5.41) is 33.6. The number of nitrogens with zero attached hydrogens (tertiary/aromatic N) is 2. The van der Waals surface area contributed by atoms with Crippen molar-refractivity contribution in [1.82, 2.24) is 9.78 Å². The van der Waals surface area contributed by atoms with Gasteiger partial charge in [0.2, 0.25) is 0 Å². The van der Waals surface area contributed by atoms with E-state index in [4.69, 9.17) is 15.6 Å². The average Bonchev–Trinajstić information content (AvgIpc) is 2.99. The van der Waals surface area contributed by atoms with Crippen LogP contribution in [0.5, 0.6) is 0 Å². The molecule has 2 heterocycles. The number of ether oxygens (including phenoxy) is 1. The van der Waals surface area contributed by atoms with Crippen molar-refractivity contribution in [2.45, 2.75) is 24.5 Å². The van der Waals surface area contributed by atoms with Crippen LogP contribution in [0.3, 0.4) is 0 Å². The summed E-state index contributed by atoms with van der Waals surface area (Å²) in [4.78, 5) is 11.5. The van der Waals surface area contributed by atoms with Crippen LogP contribution in [0.15, 0.2) is 24.3 Å². The molecule has 1 fully saturated rings. The number of aliphatic hydroxyl groups excluding tert-OH is 3. The summed E-state index contributed by atoms with van der Waals surface area (Å²) >= 11 is 0. The van der Waals surface area contributed by atoms with E-state index in [2.05, 4.69) is 5.10 Å². The first-order chi connectivity index (χ1) is 10.0. The Balaban J connectivity index is 2.11. The van der Waals surface area contributed by atoms with E-state index >= 15 is 0 Å². The van der Waals surface area contributed by atoms with E-state index in [0.29, 0.717) is 10.9 Å². The molecule has 21 heavy (non-hydrogen) atoms. The number of aromatic nitrogens is 2. The van der Waals surface area contributed by atoms with Gasteiger partial charge in [0.1, 0.15) is 18.3 Å². The lowest BCUT2D eigenvalue weighted by Gasteiger charge is -2.16. The maximum Gasteiger partial charge on any atom is 0.269 e. The van der Waals surface area contributed by atoms with Gasteiger partial charge in [-0.1, -0.05) is 18.2 Å². The number of nitrogens with two attached hydrogens (primary N) is 1. The van der Waals surface area contributed by atoms with Crippen molar-refractivity contribution in [1.29, 1.82) is 0 Å². The Morgan fingerprint density at radius 1 is 1.33 bits per heavy atom. The molecular weight excluding hydrogens is 278 g/mol. The van der Waals surface area contributed by atoms with E-state index < -0.39 is 37.1 Å². The molecule has 1 amide bonds. The summed E-state index contributed by atoms with van der Waals surface area (Å²) in [7, 11) is 0. The van der Waals surface area contributed by atoms with Gasteiger partial charge >= 0.3 is 0 Å². The molecule has 0 spiro atoms. The predicted molar refractivity (Wildman–Crippen MR) is 71.3 cm³/mol. The highest BCUT2D eigenvalue weighted by Crippen LogP contribution is 2.32. The minimum atomic E-state index is -1.27. The van der Waals surface area contributed by atoms with Crippen LogP contribution in [0, 0.1) is 0 Å². The largest absolute Gasteiger partial charge is 0.394 e. The molecule has 0 aliphatic carbocycles. The molecule has 1 aromatic heterocycles. The van der Waals surface area contributed by atoms with Gasteiger partial charge in [0, 0.05) is 5.39 Å². The second-order valence-corrected chi connectivity index (χ2v) is 4.90. The average molecular weight is 293 g/mol. The van der Waals surface area contributed by atoms with Gasteiger partial charge in [-0.05, 0) is 6.07 Å². The number of hydrogen-bond donors (Lipinski definition) is 4. The number of rotatable bonds is 3. The number of primary amides is 1. The zero-order chi connectivity index (χ0) is 15.1. The Bertz CT molecular complexity index is 685. The van der Waals surface area contributed by atoms with Crippen LogP contribution in [-0.4, -0.2) is 55.9 Å². The van der Waals surface area contributed by atoms with Gasteiger partial charge in [-0.3, -0.25) is 4.79 Å². The highest BCUT2D eigenvalue weighted by molar-refractivity contribution is 6.04. The first-order valence-electron chi connectivity index (χ1n) is 6.44. The molecule has 0 saturated carbocycles. The molecule has 2 aromatic rings. The summed E-state index contributed by atoms with van der Waals surface area (Å²) < 4.78 is 6.73. The first-order valence-corrected chi connectivity index (χ1v) is 6.44. The maximum atomic E-state index is 11.5. The third-order valence-corrected chi connectivity index (χ3v) is 3.61. The summed E-state index contributed by atoms with van der Waals surface area (Å²) in [6.07, 6.45) is -4.42. The molecule has 1 aliphatic rings. The molecule has 5 N–H and O–H groups in total. The van der Waals surface area contributed by atoms with Gasteiger partial charge in [-0.25, -0.2) is 4.68 Å². The second kappa shape index (κ2) is 5.08. The highest BCUT2D eigenvalue weighted by Gasteiger charge is 2.44. The number of amides is 1. The van der Waals surface area contributed by atoms with Crippen LogP contribution in [0.2, 0.25) is 0 Å². The van der Waals surface area contributed by atoms with Crippen molar-refractivity contribution in [3.05, 3.63) is 30.0 Å². The number of carbonyl (C=O) groups is 1. The molecule has 1 aromatic carbocycles. The van der Waals surface area contributed by atoms with Gasteiger partial charge < -0.3 is 25.8 Å². The van der Waals surface area contributed by atoms with E-state index in [-0.39, 0.29) is 5.69 Å². The van der Waals surface area contributed by atoms with Crippen LogP contribution < -0.4 is 5.73 Å². The summed E-state index contributed by atoms with van der Waals surface area (Å²) in [6, 6.07) is 6.86. The van der Waals surface area contributed by atoms with Crippen molar-refractivity contribution in [2.75, 3.05) is 6.61 Å². The lowest BCUT2D eigenvalue weighted by molar-refractivity contribution is -0.0564. The van der Waals surface area contributed by atoms with E-state index in [1.807, 2.05) is 0 Å². The quantitative estimate of drug-likeness (QED) is 0.559. The van der Waals surface area contributed by atoms with Crippen molar-refractivity contribution in [3.63, 3.8) is 0 Å². The highest BCUT2D eigenvalue weighted by atomic mass is 16.6. The minimum Gasteiger partial charge on any atom is -0.394 e. The molecule has 4 atom stereocenters. The lowest BCUT2D eigenvalue weighted by Crippen LogP contribution is -2.33. The van der Waals surface area contributed by atoms with Gasteiger partial charge in [0.25, 0.3) is 5.91 Å². The number of benzene rings is 1. The second-order valence-electron chi connectivity index (χ2n) is 4.90. The van der Waals surface area contributed by atoms with E-state index in [1.54, 1.807) is 24.3 Å².